The van der Waals surface area contributed by atoms with Crippen LogP contribution in [0.15, 0.2) is 30.4 Å². The second-order valence-electron chi connectivity index (χ2n) is 2.78. The predicted octanol–water partition coefficient (Wildman–Crippen LogP) is 2.33. The zero-order valence-corrected chi connectivity index (χ0v) is 9.25. The molecule has 0 fully saturated rings. The van der Waals surface area contributed by atoms with Crippen LogP contribution in [0.25, 0.3) is 0 Å². The van der Waals surface area contributed by atoms with Gasteiger partial charge in [0.05, 0.1) is 12.1 Å². The maximum Gasteiger partial charge on any atom is 0.353 e. The monoisotopic (exact) mass is 237 g/mol. The first-order chi connectivity index (χ1) is 7.58. The Morgan fingerprint density at radius 2 is 2.25 bits per heavy atom. The van der Waals surface area contributed by atoms with Crippen molar-refractivity contribution < 1.29 is 14.3 Å². The number of nitriles is 1. The Labute approximate surface area is 97.7 Å². The third kappa shape index (κ3) is 2.75. The SMILES string of the molecule is C=C(C#N)C(=O)Oc1ccc(OC)c(Cl)c1. The molecule has 0 saturated carbocycles. The second-order valence-corrected chi connectivity index (χ2v) is 3.18. The van der Waals surface area contributed by atoms with Crippen LogP contribution in [0.2, 0.25) is 5.02 Å². The molecule has 82 valence electrons. The van der Waals surface area contributed by atoms with E-state index in [0.717, 1.165) is 0 Å². The van der Waals surface area contributed by atoms with Crippen molar-refractivity contribution in [3.63, 3.8) is 0 Å². The highest BCUT2D eigenvalue weighted by Crippen LogP contribution is 2.28. The van der Waals surface area contributed by atoms with Crippen molar-refractivity contribution >= 4 is 17.6 Å². The van der Waals surface area contributed by atoms with Crippen LogP contribution in [0.4, 0.5) is 0 Å². The van der Waals surface area contributed by atoms with Crippen molar-refractivity contribution in [1.82, 2.24) is 0 Å². The van der Waals surface area contributed by atoms with Crippen LogP contribution in [-0.4, -0.2) is 13.1 Å². The molecule has 0 aliphatic rings. The van der Waals surface area contributed by atoms with E-state index < -0.39 is 5.97 Å². The van der Waals surface area contributed by atoms with Gasteiger partial charge in [-0.25, -0.2) is 4.79 Å². The predicted molar refractivity (Wildman–Crippen MR) is 58.4 cm³/mol. The molecule has 1 aromatic carbocycles. The lowest BCUT2D eigenvalue weighted by molar-refractivity contribution is -0.129. The maximum atomic E-state index is 11.2. The van der Waals surface area contributed by atoms with Crippen molar-refractivity contribution in [2.24, 2.45) is 0 Å². The van der Waals surface area contributed by atoms with Crippen LogP contribution in [0.5, 0.6) is 11.5 Å². The van der Waals surface area contributed by atoms with E-state index in [0.29, 0.717) is 10.8 Å². The van der Waals surface area contributed by atoms with E-state index in [2.05, 4.69) is 6.58 Å². The molecule has 0 aromatic heterocycles. The number of halogens is 1. The zero-order chi connectivity index (χ0) is 12.1. The lowest BCUT2D eigenvalue weighted by Gasteiger charge is -2.06. The standard InChI is InChI=1S/C11H8ClNO3/c1-7(6-13)11(14)16-8-3-4-10(15-2)9(12)5-8/h3-5H,1H2,2H3. The molecule has 0 spiro atoms. The molecule has 5 heteroatoms. The van der Waals surface area contributed by atoms with Crippen LogP contribution >= 0.6 is 11.6 Å². The largest absolute Gasteiger partial charge is 0.495 e. The molecular weight excluding hydrogens is 230 g/mol. The minimum Gasteiger partial charge on any atom is -0.495 e. The lowest BCUT2D eigenvalue weighted by Crippen LogP contribution is -2.09. The van der Waals surface area contributed by atoms with Gasteiger partial charge in [-0.15, -0.1) is 0 Å². The molecule has 16 heavy (non-hydrogen) atoms. The molecule has 0 radical (unpaired) electrons. The maximum absolute atomic E-state index is 11.2. The van der Waals surface area contributed by atoms with E-state index >= 15 is 0 Å². The number of rotatable bonds is 3. The van der Waals surface area contributed by atoms with E-state index in [9.17, 15) is 4.79 Å². The number of carbonyl (C=O) groups is 1. The number of hydrogen-bond donors (Lipinski definition) is 0. The van der Waals surface area contributed by atoms with Crippen molar-refractivity contribution in [1.29, 1.82) is 5.26 Å². The first-order valence-electron chi connectivity index (χ1n) is 4.23. The highest BCUT2D eigenvalue weighted by molar-refractivity contribution is 6.32. The highest BCUT2D eigenvalue weighted by Gasteiger charge is 2.10. The van der Waals surface area contributed by atoms with Gasteiger partial charge in [0, 0.05) is 6.07 Å². The summed E-state index contributed by atoms with van der Waals surface area (Å²) in [6.07, 6.45) is 0. The molecule has 4 nitrogen and oxygen atoms in total. The van der Waals surface area contributed by atoms with E-state index in [1.54, 1.807) is 12.1 Å². The van der Waals surface area contributed by atoms with Crippen molar-refractivity contribution in [2.75, 3.05) is 7.11 Å². The van der Waals surface area contributed by atoms with Crippen molar-refractivity contribution in [2.45, 2.75) is 0 Å². The summed E-state index contributed by atoms with van der Waals surface area (Å²) in [5.41, 5.74) is -0.271. The van der Waals surface area contributed by atoms with Gasteiger partial charge in [0.2, 0.25) is 0 Å². The summed E-state index contributed by atoms with van der Waals surface area (Å²) in [4.78, 5) is 11.2. The number of benzene rings is 1. The van der Waals surface area contributed by atoms with Gasteiger partial charge < -0.3 is 9.47 Å². The van der Waals surface area contributed by atoms with Gasteiger partial charge in [-0.3, -0.25) is 0 Å². The van der Waals surface area contributed by atoms with Gasteiger partial charge in [0.15, 0.2) is 0 Å². The highest BCUT2D eigenvalue weighted by atomic mass is 35.5. The number of hydrogen-bond acceptors (Lipinski definition) is 4. The summed E-state index contributed by atoms with van der Waals surface area (Å²) in [7, 11) is 1.48. The Bertz CT molecular complexity index is 477. The topological polar surface area (TPSA) is 59.3 Å². The fraction of sp³-hybridized carbons (Fsp3) is 0.0909. The normalized spacial score (nSPS) is 9.06. The molecule has 0 aliphatic heterocycles. The number of carbonyl (C=O) groups excluding carboxylic acids is 1. The van der Waals surface area contributed by atoms with E-state index in [1.165, 1.54) is 19.2 Å². The number of esters is 1. The van der Waals surface area contributed by atoms with E-state index in [-0.39, 0.29) is 11.3 Å². The summed E-state index contributed by atoms with van der Waals surface area (Å²) >= 11 is 5.82. The Balaban J connectivity index is 2.84. The van der Waals surface area contributed by atoms with Crippen molar-refractivity contribution in [3.8, 4) is 17.6 Å². The Kier molecular flexibility index (Phi) is 3.92. The first kappa shape index (κ1) is 12.1. The summed E-state index contributed by atoms with van der Waals surface area (Å²) < 4.78 is 9.78. The fourth-order valence-electron chi connectivity index (χ4n) is 0.925. The molecule has 1 aromatic rings. The van der Waals surface area contributed by atoms with E-state index in [1.807, 2.05) is 0 Å². The van der Waals surface area contributed by atoms with Gasteiger partial charge in [0.25, 0.3) is 0 Å². The molecule has 0 unspecified atom stereocenters. The average Bonchev–Trinajstić information content (AvgIpc) is 2.28. The quantitative estimate of drug-likeness (QED) is 0.350. The second kappa shape index (κ2) is 5.19. The average molecular weight is 238 g/mol. The van der Waals surface area contributed by atoms with Crippen LogP contribution in [0.3, 0.4) is 0 Å². The van der Waals surface area contributed by atoms with Gasteiger partial charge in [0.1, 0.15) is 23.1 Å². The Morgan fingerprint density at radius 3 is 2.75 bits per heavy atom. The molecule has 0 amide bonds. The summed E-state index contributed by atoms with van der Waals surface area (Å²) in [5, 5.41) is 8.74. The third-order valence-electron chi connectivity index (χ3n) is 1.72. The summed E-state index contributed by atoms with van der Waals surface area (Å²) in [5.74, 6) is -0.100. The molecule has 0 N–H and O–H groups in total. The van der Waals surface area contributed by atoms with Crippen LogP contribution in [-0.2, 0) is 4.79 Å². The lowest BCUT2D eigenvalue weighted by atomic mass is 10.3. The third-order valence-corrected chi connectivity index (χ3v) is 2.01. The zero-order valence-electron chi connectivity index (χ0n) is 8.49. The Morgan fingerprint density at radius 1 is 1.56 bits per heavy atom. The van der Waals surface area contributed by atoms with Gasteiger partial charge >= 0.3 is 5.97 Å². The molecule has 0 saturated heterocycles. The molecule has 0 heterocycles. The summed E-state index contributed by atoms with van der Waals surface area (Å²) in [6, 6.07) is 6.08. The number of methoxy groups -OCH3 is 1. The van der Waals surface area contributed by atoms with Crippen LogP contribution in [0, 0.1) is 11.3 Å². The molecular formula is C11H8ClNO3. The Hall–Kier alpha value is -1.99. The van der Waals surface area contributed by atoms with Gasteiger partial charge in [-0.2, -0.15) is 5.26 Å². The van der Waals surface area contributed by atoms with Crippen LogP contribution < -0.4 is 9.47 Å². The van der Waals surface area contributed by atoms with E-state index in [4.69, 9.17) is 26.3 Å². The summed E-state index contributed by atoms with van der Waals surface area (Å²) in [6.45, 7) is 3.23. The minimum atomic E-state index is -0.802. The van der Waals surface area contributed by atoms with Gasteiger partial charge in [-0.1, -0.05) is 18.2 Å². The van der Waals surface area contributed by atoms with Crippen LogP contribution in [0.1, 0.15) is 0 Å². The minimum absolute atomic E-state index is 0.229. The number of nitrogens with zero attached hydrogens (tertiary/aromatic N) is 1. The molecule has 0 bridgehead atoms. The molecule has 0 aliphatic carbocycles. The molecule has 0 atom stereocenters. The van der Waals surface area contributed by atoms with Crippen molar-refractivity contribution in [3.05, 3.63) is 35.4 Å². The smallest absolute Gasteiger partial charge is 0.353 e. The fourth-order valence-corrected chi connectivity index (χ4v) is 1.17. The first-order valence-corrected chi connectivity index (χ1v) is 4.61. The number of ether oxygens (including phenoxy) is 2. The molecule has 1 rings (SSSR count). The van der Waals surface area contributed by atoms with Gasteiger partial charge in [-0.05, 0) is 12.1 Å².